The summed E-state index contributed by atoms with van der Waals surface area (Å²) in [6.07, 6.45) is 9.19. The Morgan fingerprint density at radius 1 is 0.871 bits per heavy atom. The lowest BCUT2D eigenvalue weighted by atomic mass is 9.96. The molecule has 0 unspecified atom stereocenters. The van der Waals surface area contributed by atoms with Crippen molar-refractivity contribution in [2.75, 3.05) is 31.5 Å². The lowest BCUT2D eigenvalue weighted by molar-refractivity contribution is -0.121. The van der Waals surface area contributed by atoms with Crippen LogP contribution in [0.15, 0.2) is 30.5 Å². The molecule has 0 bridgehead atoms. The van der Waals surface area contributed by atoms with Crippen LogP contribution in [0.25, 0.3) is 11.4 Å². The van der Waals surface area contributed by atoms with E-state index in [-0.39, 0.29) is 17.9 Å². The third-order valence-corrected chi connectivity index (χ3v) is 6.93. The van der Waals surface area contributed by atoms with Crippen LogP contribution in [0.3, 0.4) is 0 Å². The van der Waals surface area contributed by atoms with E-state index in [1.165, 1.54) is 18.5 Å². The van der Waals surface area contributed by atoms with Gasteiger partial charge in [0.05, 0.1) is 0 Å². The summed E-state index contributed by atoms with van der Waals surface area (Å²) in [5.41, 5.74) is 3.21. The molecule has 0 atom stereocenters. The van der Waals surface area contributed by atoms with E-state index in [0.29, 0.717) is 13.1 Å². The molecule has 2 aromatic rings. The standard InChI is InChI=1S/C24H31N5O2/c30-23(19-10-15-28(16-11-19)24(31)27-12-3-4-13-27)26-20-8-6-18(7-9-20)22-25-17-21-5-1-2-14-29(21)22/h6-9,17,19H,1-5,10-16H2,(H,26,30). The number of urea groups is 1. The number of hydrogen-bond donors (Lipinski definition) is 1. The summed E-state index contributed by atoms with van der Waals surface area (Å²) in [4.78, 5) is 33.8. The molecule has 4 heterocycles. The SMILES string of the molecule is O=C(Nc1ccc(-c2ncc3n2CCCC3)cc1)C1CCN(C(=O)N2CCCC2)CC1. The first-order chi connectivity index (χ1) is 15.2. The van der Waals surface area contributed by atoms with Gasteiger partial charge in [-0.15, -0.1) is 0 Å². The summed E-state index contributed by atoms with van der Waals surface area (Å²) in [5.74, 6) is 1.03. The average molecular weight is 422 g/mol. The number of piperidine rings is 1. The number of aromatic nitrogens is 2. The quantitative estimate of drug-likeness (QED) is 0.821. The van der Waals surface area contributed by atoms with Gasteiger partial charge in [0.15, 0.2) is 0 Å². The Morgan fingerprint density at radius 2 is 1.55 bits per heavy atom. The van der Waals surface area contributed by atoms with Gasteiger partial charge in [-0.2, -0.15) is 0 Å². The first-order valence-corrected chi connectivity index (χ1v) is 11.7. The van der Waals surface area contributed by atoms with Crippen LogP contribution in [0.1, 0.15) is 44.2 Å². The molecule has 164 valence electrons. The number of aryl methyl sites for hydroxylation is 1. The maximum absolute atomic E-state index is 12.8. The fourth-order valence-corrected chi connectivity index (χ4v) is 5.05. The number of carbonyl (C=O) groups is 2. The van der Waals surface area contributed by atoms with Crippen LogP contribution in [0.2, 0.25) is 0 Å². The molecule has 2 saturated heterocycles. The van der Waals surface area contributed by atoms with E-state index in [1.54, 1.807) is 0 Å². The van der Waals surface area contributed by atoms with Crippen LogP contribution in [0.4, 0.5) is 10.5 Å². The van der Waals surface area contributed by atoms with Crippen LogP contribution >= 0.6 is 0 Å². The number of amides is 3. The molecule has 1 N–H and O–H groups in total. The van der Waals surface area contributed by atoms with Crippen LogP contribution in [-0.2, 0) is 17.8 Å². The molecule has 5 rings (SSSR count). The van der Waals surface area contributed by atoms with Gasteiger partial charge in [-0.3, -0.25) is 4.79 Å². The Bertz CT molecular complexity index is 937. The molecular weight excluding hydrogens is 390 g/mol. The summed E-state index contributed by atoms with van der Waals surface area (Å²) in [6.45, 7) is 4.10. The van der Waals surface area contributed by atoms with Crippen molar-refractivity contribution in [3.05, 3.63) is 36.2 Å². The lowest BCUT2D eigenvalue weighted by Gasteiger charge is -2.34. The summed E-state index contributed by atoms with van der Waals surface area (Å²) in [6, 6.07) is 8.15. The highest BCUT2D eigenvalue weighted by atomic mass is 16.2. The van der Waals surface area contributed by atoms with Crippen LogP contribution < -0.4 is 5.32 Å². The summed E-state index contributed by atoms with van der Waals surface area (Å²) in [5, 5.41) is 3.07. The van der Waals surface area contributed by atoms with Crippen LogP contribution in [0.5, 0.6) is 0 Å². The molecule has 0 saturated carbocycles. The first kappa shape index (κ1) is 20.1. The van der Waals surface area contributed by atoms with Gasteiger partial charge in [-0.05, 0) is 69.2 Å². The molecule has 3 amide bonds. The van der Waals surface area contributed by atoms with E-state index >= 15 is 0 Å². The number of nitrogens with zero attached hydrogens (tertiary/aromatic N) is 4. The van der Waals surface area contributed by atoms with Crippen LogP contribution in [0, 0.1) is 5.92 Å². The number of likely N-dealkylation sites (tertiary alicyclic amines) is 2. The molecule has 0 radical (unpaired) electrons. The van der Waals surface area contributed by atoms with Crippen LogP contribution in [-0.4, -0.2) is 57.5 Å². The number of imidazole rings is 1. The topological polar surface area (TPSA) is 70.5 Å². The second kappa shape index (κ2) is 8.73. The highest BCUT2D eigenvalue weighted by Gasteiger charge is 2.30. The van der Waals surface area contributed by atoms with Crippen molar-refractivity contribution in [1.29, 1.82) is 0 Å². The van der Waals surface area contributed by atoms with Gasteiger partial charge in [0.2, 0.25) is 5.91 Å². The zero-order chi connectivity index (χ0) is 21.2. The van der Waals surface area contributed by atoms with E-state index in [9.17, 15) is 9.59 Å². The van der Waals surface area contributed by atoms with E-state index in [2.05, 4.69) is 14.9 Å². The van der Waals surface area contributed by atoms with Gasteiger partial charge < -0.3 is 19.7 Å². The van der Waals surface area contributed by atoms with E-state index in [1.807, 2.05) is 40.3 Å². The second-order valence-electron chi connectivity index (χ2n) is 8.99. The predicted molar refractivity (Wildman–Crippen MR) is 120 cm³/mol. The van der Waals surface area contributed by atoms with Gasteiger partial charge in [-0.1, -0.05) is 0 Å². The smallest absolute Gasteiger partial charge is 0.319 e. The van der Waals surface area contributed by atoms with Crippen molar-refractivity contribution < 1.29 is 9.59 Å². The van der Waals surface area contributed by atoms with Gasteiger partial charge >= 0.3 is 6.03 Å². The molecule has 7 heteroatoms. The van der Waals surface area contributed by atoms with Crippen molar-refractivity contribution in [2.24, 2.45) is 5.92 Å². The van der Waals surface area contributed by atoms with Gasteiger partial charge in [-0.25, -0.2) is 9.78 Å². The zero-order valence-corrected chi connectivity index (χ0v) is 18.1. The molecule has 0 aliphatic carbocycles. The molecule has 0 spiro atoms. The zero-order valence-electron chi connectivity index (χ0n) is 18.1. The molecule has 7 nitrogen and oxygen atoms in total. The molecular formula is C24H31N5O2. The highest BCUT2D eigenvalue weighted by Crippen LogP contribution is 2.26. The molecule has 1 aromatic carbocycles. The summed E-state index contributed by atoms with van der Waals surface area (Å²) < 4.78 is 2.31. The fourth-order valence-electron chi connectivity index (χ4n) is 5.05. The predicted octanol–water partition coefficient (Wildman–Crippen LogP) is 3.75. The minimum Gasteiger partial charge on any atom is -0.328 e. The first-order valence-electron chi connectivity index (χ1n) is 11.7. The maximum atomic E-state index is 12.8. The van der Waals surface area contributed by atoms with Crippen molar-refractivity contribution in [1.82, 2.24) is 19.4 Å². The monoisotopic (exact) mass is 421 g/mol. The van der Waals surface area contributed by atoms with Crippen molar-refractivity contribution in [3.63, 3.8) is 0 Å². The minimum atomic E-state index is -0.0402. The number of carbonyl (C=O) groups excluding carboxylic acids is 2. The van der Waals surface area contributed by atoms with E-state index in [0.717, 1.165) is 68.8 Å². The Morgan fingerprint density at radius 3 is 2.29 bits per heavy atom. The third-order valence-electron chi connectivity index (χ3n) is 6.93. The minimum absolute atomic E-state index is 0.0402. The number of benzene rings is 1. The fraction of sp³-hybridized carbons (Fsp3) is 0.542. The molecule has 3 aliphatic rings. The van der Waals surface area contributed by atoms with Gasteiger partial charge in [0.1, 0.15) is 5.82 Å². The van der Waals surface area contributed by atoms with Crippen molar-refractivity contribution in [3.8, 4) is 11.4 Å². The van der Waals surface area contributed by atoms with Crippen molar-refractivity contribution >= 4 is 17.6 Å². The average Bonchev–Trinajstić information content (AvgIpc) is 3.50. The highest BCUT2D eigenvalue weighted by molar-refractivity contribution is 5.93. The maximum Gasteiger partial charge on any atom is 0.319 e. The number of fused-ring (bicyclic) bond motifs is 1. The lowest BCUT2D eigenvalue weighted by Crippen LogP contribution is -2.47. The molecule has 3 aliphatic heterocycles. The largest absolute Gasteiger partial charge is 0.328 e. The Balaban J connectivity index is 1.16. The van der Waals surface area contributed by atoms with E-state index in [4.69, 9.17) is 0 Å². The second-order valence-corrected chi connectivity index (χ2v) is 8.99. The number of rotatable bonds is 3. The Kier molecular flexibility index (Phi) is 5.66. The Labute approximate surface area is 183 Å². The van der Waals surface area contributed by atoms with E-state index < -0.39 is 0 Å². The summed E-state index contributed by atoms with van der Waals surface area (Å²) in [7, 11) is 0. The molecule has 31 heavy (non-hydrogen) atoms. The van der Waals surface area contributed by atoms with Gasteiger partial charge in [0.25, 0.3) is 0 Å². The molecule has 1 aromatic heterocycles. The number of anilines is 1. The number of nitrogens with one attached hydrogen (secondary N) is 1. The summed E-state index contributed by atoms with van der Waals surface area (Å²) >= 11 is 0. The van der Waals surface area contributed by atoms with Crippen molar-refractivity contribution in [2.45, 2.75) is 51.5 Å². The third kappa shape index (κ3) is 4.18. The molecule has 2 fully saturated rings. The Hall–Kier alpha value is -2.83. The number of hydrogen-bond acceptors (Lipinski definition) is 3. The van der Waals surface area contributed by atoms with Gasteiger partial charge in [0, 0.05) is 61.8 Å². The normalized spacial score (nSPS) is 19.4.